The van der Waals surface area contributed by atoms with Crippen LogP contribution in [0.2, 0.25) is 6.82 Å². The zero-order chi connectivity index (χ0) is 77.4. The summed E-state index contributed by atoms with van der Waals surface area (Å²) in [6.07, 6.45) is 0. The number of ether oxygens (including phenoxy) is 1. The molecule has 0 spiro atoms. The van der Waals surface area contributed by atoms with Gasteiger partial charge in [0.15, 0.2) is 0 Å². The van der Waals surface area contributed by atoms with E-state index < -0.39 is 0 Å². The van der Waals surface area contributed by atoms with Gasteiger partial charge in [0, 0.05) is 51.1 Å². The predicted molar refractivity (Wildman–Crippen MR) is 453 cm³/mol. The van der Waals surface area contributed by atoms with Crippen LogP contribution in [0, 0.1) is 19.2 Å². The molecule has 13 nitrogen and oxygen atoms in total. The van der Waals surface area contributed by atoms with Crippen LogP contribution in [0.5, 0.6) is 5.75 Å². The van der Waals surface area contributed by atoms with Gasteiger partial charge in [-0.2, -0.15) is 18.2 Å². The van der Waals surface area contributed by atoms with Crippen molar-refractivity contribution >= 4 is 83.6 Å². The number of hydrogen-bond acceptors (Lipinski definition) is 13. The van der Waals surface area contributed by atoms with Crippen LogP contribution >= 0.6 is 18.2 Å². The molecule has 0 fully saturated rings. The van der Waals surface area contributed by atoms with Crippen LogP contribution in [0.3, 0.4) is 0 Å². The fourth-order valence-electron chi connectivity index (χ4n) is 12.4. The minimum absolute atomic E-state index is 0.0231. The molecule has 0 aliphatic carbocycles. The van der Waals surface area contributed by atoms with Crippen molar-refractivity contribution in [3.8, 4) is 108 Å². The summed E-state index contributed by atoms with van der Waals surface area (Å²) in [6, 6.07) is 103. The molecule has 108 heavy (non-hydrogen) atoms. The Morgan fingerprint density at radius 1 is 0.444 bits per heavy atom. The molecule has 0 aliphatic heterocycles. The van der Waals surface area contributed by atoms with Crippen LogP contribution < -0.4 is 4.74 Å². The Hall–Kier alpha value is -11.9. The van der Waals surface area contributed by atoms with Gasteiger partial charge in [-0.3, -0.25) is 4.98 Å². The second-order valence-corrected chi connectivity index (χ2v) is 26.6. The van der Waals surface area contributed by atoms with Crippen molar-refractivity contribution in [3.63, 3.8) is 0 Å². The SMILES string of the molecule is CC(C)(C)c1ccc(-c2nnc(-c3ccc(-c4ccccc4)cc3)o2)cc1.COc1cccc(-c2nnc(-c3cccc(CO)c3)o2)c1.C[B]P.Cc1cc(-c2ccccc2)c2ccc3c(-c4ccccc4)cc(C)nc3c2c1.[2H]B=N.[2H]P[B].c1ccc2c(-c3nnc(-c4cccc5ccccc45)o3)cccc2c1. The van der Waals surface area contributed by atoms with Gasteiger partial charge < -0.3 is 23.1 Å². The molecule has 3 radical (unpaired) electrons. The number of aliphatic hydroxyl groups excluding tert-OH is 1. The normalized spacial score (nSPS) is 10.9. The van der Waals surface area contributed by atoms with Crippen molar-refractivity contribution in [1.29, 1.82) is 7.93 Å². The summed E-state index contributed by atoms with van der Waals surface area (Å²) in [5.41, 5.74) is 18.3. The molecule has 17 rings (SSSR count). The molecule has 17 aromatic rings. The number of aliphatic hydroxyl groups is 1. The smallest absolute Gasteiger partial charge is 0.248 e. The maximum Gasteiger partial charge on any atom is 0.248 e. The zero-order valence-corrected chi connectivity index (χ0v) is 63.2. The van der Waals surface area contributed by atoms with Crippen molar-refractivity contribution in [1.82, 2.24) is 35.6 Å². The molecule has 4 aromatic heterocycles. The molecule has 0 saturated carbocycles. The molecule has 0 bridgehead atoms. The predicted octanol–water partition coefficient (Wildman–Crippen LogP) is 22.4. The number of aryl methyl sites for hydroxylation is 2. The van der Waals surface area contributed by atoms with Gasteiger partial charge in [0.25, 0.3) is 0 Å². The first-order valence-electron chi connectivity index (χ1n) is 36.0. The molecule has 13 aromatic carbocycles. The first-order chi connectivity index (χ1) is 53.6. The van der Waals surface area contributed by atoms with Crippen LogP contribution in [0.15, 0.2) is 317 Å². The van der Waals surface area contributed by atoms with E-state index in [4.69, 9.17) is 36.0 Å². The summed E-state index contributed by atoms with van der Waals surface area (Å²) < 4.78 is 34.6. The number of aromatic nitrogens is 7. The van der Waals surface area contributed by atoms with E-state index in [2.05, 4.69) is 246 Å². The second-order valence-electron chi connectivity index (χ2n) is 25.9. The number of nitrogens with one attached hydrogen (secondary N) is 1. The number of nitrogens with zero attached hydrogens (tertiary/aromatic N) is 7. The van der Waals surface area contributed by atoms with Gasteiger partial charge in [-0.05, 0) is 175 Å². The number of fused-ring (bicyclic) bond motifs is 5. The van der Waals surface area contributed by atoms with Crippen LogP contribution in [0.1, 0.15) is 43.2 Å². The van der Waals surface area contributed by atoms with Gasteiger partial charge in [-0.15, -0.1) is 30.6 Å². The van der Waals surface area contributed by atoms with Gasteiger partial charge in [0.2, 0.25) is 35.3 Å². The number of hydrogen-bond donors (Lipinski definition) is 2. The van der Waals surface area contributed by atoms with Crippen molar-refractivity contribution in [3.05, 3.63) is 326 Å². The Balaban J connectivity index is 0.000000141. The minimum atomic E-state index is -0.167. The molecular formula is C90H80B3N8O5P2. The van der Waals surface area contributed by atoms with Gasteiger partial charge >= 0.3 is 14.3 Å². The van der Waals surface area contributed by atoms with Crippen molar-refractivity contribution in [2.75, 3.05) is 7.11 Å². The Bertz CT molecular complexity index is 5570. The Kier molecular flexibility index (Phi) is 25.7. The molecule has 0 saturated heterocycles. The Morgan fingerprint density at radius 3 is 1.34 bits per heavy atom. The topological polar surface area (TPSA) is 183 Å². The van der Waals surface area contributed by atoms with Crippen molar-refractivity contribution in [2.45, 2.75) is 53.5 Å². The molecule has 4 heterocycles. The standard InChI is InChI=1S/C27H21N.C24H22N2O.C22H14N2O.C16H14N2O3.CH5BP.BH2N.BH2P/c1-18-15-24(20-9-5-3-6-10-20)22-13-14-23-25(21-11-7-4-8-12-21)17-19(2)28-27(23)26(22)16-18;1-24(2,3)21-15-13-20(14-16-21)23-26-25-22(27-23)19-11-9-18(10-12-19)17-7-5-4-6-8-17;1-3-11-17-15(7-1)9-5-13-19(17)21-23-24-22(25-21)20-14-6-10-16-8-2-4-12-18(16)20;1-20-14-7-3-6-13(9-14)16-18-17-15(21-16)12-5-2-4-11(8-12)10-19;1-2-3;2*1-2/h3-17H,1-2H3;4-16H,1-3H3;1-14H;2-9,19H,10H2,1H3;3H2,1H3;1-2H;2H2/i;;;;;1D;2D. The van der Waals surface area contributed by atoms with E-state index in [1.165, 1.54) is 55.1 Å². The first-order valence-corrected chi connectivity index (χ1v) is 36.2. The summed E-state index contributed by atoms with van der Waals surface area (Å²) in [5, 5.41) is 48.3. The van der Waals surface area contributed by atoms with E-state index in [-0.39, 0.29) is 21.1 Å². The quantitative estimate of drug-likeness (QED) is 0.0711. The van der Waals surface area contributed by atoms with Crippen LogP contribution in [0.4, 0.5) is 0 Å². The maximum atomic E-state index is 9.17. The number of methoxy groups -OCH3 is 1. The van der Waals surface area contributed by atoms with E-state index in [0.29, 0.717) is 42.9 Å². The average molecular weight is 1450 g/mol. The Labute approximate surface area is 640 Å². The van der Waals surface area contributed by atoms with Gasteiger partial charge in [-0.1, -0.05) is 252 Å². The molecular weight excluding hydrogens is 1370 g/mol. The van der Waals surface area contributed by atoms with E-state index in [9.17, 15) is 0 Å². The van der Waals surface area contributed by atoms with Crippen LogP contribution in [-0.4, -0.2) is 72.6 Å². The molecule has 0 amide bonds. The summed E-state index contributed by atoms with van der Waals surface area (Å²) in [6.45, 7) is 14.7. The molecule has 18 heteroatoms. The van der Waals surface area contributed by atoms with Crippen LogP contribution in [0.25, 0.3) is 145 Å². The molecule has 0 aliphatic rings. The fraction of sp³-hybridized carbons (Fsp3) is 0.100. The van der Waals surface area contributed by atoms with Gasteiger partial charge in [0.05, 0.1) is 26.8 Å². The number of rotatable bonds is 11. The number of pyridine rings is 1. The Morgan fingerprint density at radius 2 is 0.833 bits per heavy atom. The molecule has 2 unspecified atom stereocenters. The molecule has 2 N–H and O–H groups in total. The average Bonchev–Trinajstić information content (AvgIpc) is 0.818. The zero-order valence-electron chi connectivity index (χ0n) is 63.1. The van der Waals surface area contributed by atoms with Crippen molar-refractivity contribution in [2.24, 2.45) is 0 Å². The summed E-state index contributed by atoms with van der Waals surface area (Å²) >= 11 is 0. The largest absolute Gasteiger partial charge is 0.416 e. The van der Waals surface area contributed by atoms with Crippen LogP contribution in [-0.2, 0) is 12.0 Å². The summed E-state index contributed by atoms with van der Waals surface area (Å²) in [7, 11) is 8.94. The van der Waals surface area contributed by atoms with E-state index in [1.807, 2.05) is 153 Å². The maximum absolute atomic E-state index is 9.17. The summed E-state index contributed by atoms with van der Waals surface area (Å²) in [4.78, 5) is 4.97. The number of benzene rings is 13. The third kappa shape index (κ3) is 18.8. The second kappa shape index (κ2) is 37.4. The van der Waals surface area contributed by atoms with Crippen molar-refractivity contribution < 1.29 is 23.1 Å². The monoisotopic (exact) mass is 1450 g/mol. The van der Waals surface area contributed by atoms with E-state index in [1.54, 1.807) is 7.11 Å². The third-order valence-corrected chi connectivity index (χ3v) is 17.6. The van der Waals surface area contributed by atoms with Gasteiger partial charge in [-0.25, -0.2) is 0 Å². The van der Waals surface area contributed by atoms with E-state index in [0.717, 1.165) is 83.0 Å². The molecule has 529 valence electrons. The molecule has 2 atom stereocenters. The summed E-state index contributed by atoms with van der Waals surface area (Å²) in [5.74, 6) is 3.73. The minimum Gasteiger partial charge on any atom is -0.416 e. The first kappa shape index (κ1) is 74.4. The third-order valence-electron chi connectivity index (χ3n) is 17.6. The van der Waals surface area contributed by atoms with Gasteiger partial charge in [0.1, 0.15) is 12.7 Å². The fourth-order valence-corrected chi connectivity index (χ4v) is 12.4. The van der Waals surface area contributed by atoms with E-state index >= 15 is 0 Å².